The molecule has 1 heterocycles. The zero-order valence-corrected chi connectivity index (χ0v) is 21.3. The van der Waals surface area contributed by atoms with Gasteiger partial charge in [-0.25, -0.2) is 9.78 Å². The van der Waals surface area contributed by atoms with Crippen molar-refractivity contribution in [2.75, 3.05) is 13.2 Å². The summed E-state index contributed by atoms with van der Waals surface area (Å²) in [6.45, 7) is 1.29. The number of hydrogen-bond donors (Lipinski definition) is 0. The summed E-state index contributed by atoms with van der Waals surface area (Å²) < 4.78 is 12.1. The number of nitrogens with zero attached hydrogens (tertiary/aromatic N) is 4. The summed E-state index contributed by atoms with van der Waals surface area (Å²) in [5.74, 6) is -0.175. The number of carbonyl (C=O) groups excluding carboxylic acids is 1. The Kier molecular flexibility index (Phi) is 8.09. The van der Waals surface area contributed by atoms with E-state index in [2.05, 4.69) is 21.0 Å². The van der Waals surface area contributed by atoms with Gasteiger partial charge in [0.25, 0.3) is 5.56 Å². The van der Waals surface area contributed by atoms with Crippen molar-refractivity contribution in [2.24, 2.45) is 5.10 Å². The molecule has 1 aliphatic rings. The monoisotopic (exact) mass is 556 g/mol. The number of halogens is 1. The minimum absolute atomic E-state index is 0.0737. The van der Waals surface area contributed by atoms with Crippen molar-refractivity contribution in [1.82, 2.24) is 9.66 Å². The van der Waals surface area contributed by atoms with Crippen molar-refractivity contribution < 1.29 is 19.2 Å². The summed E-state index contributed by atoms with van der Waals surface area (Å²) in [5.41, 5.74) is 0.142. The van der Waals surface area contributed by atoms with Crippen molar-refractivity contribution in [1.29, 1.82) is 0 Å². The largest absolute Gasteiger partial charge is 0.474 e. The van der Waals surface area contributed by atoms with Crippen LogP contribution >= 0.6 is 15.9 Å². The van der Waals surface area contributed by atoms with Crippen LogP contribution in [-0.2, 0) is 9.53 Å². The Morgan fingerprint density at radius 2 is 2.03 bits per heavy atom. The molecule has 0 amide bonds. The Hall–Kier alpha value is -3.60. The number of aromatic nitrogens is 2. The predicted octanol–water partition coefficient (Wildman–Crippen LogP) is 4.94. The second kappa shape index (κ2) is 11.4. The molecule has 0 aliphatic heterocycles. The Morgan fingerprint density at radius 1 is 1.28 bits per heavy atom. The van der Waals surface area contributed by atoms with E-state index in [1.165, 1.54) is 17.0 Å². The summed E-state index contributed by atoms with van der Waals surface area (Å²) in [7, 11) is 0. The summed E-state index contributed by atoms with van der Waals surface area (Å²) in [4.78, 5) is 41.1. The van der Waals surface area contributed by atoms with E-state index in [0.29, 0.717) is 21.2 Å². The highest BCUT2D eigenvalue weighted by Crippen LogP contribution is 2.35. The fourth-order valence-corrected chi connectivity index (χ4v) is 4.78. The van der Waals surface area contributed by atoms with Gasteiger partial charge in [-0.05, 0) is 38.0 Å². The Morgan fingerprint density at radius 3 is 2.75 bits per heavy atom. The van der Waals surface area contributed by atoms with Gasteiger partial charge in [-0.2, -0.15) is 9.78 Å². The lowest BCUT2D eigenvalue weighted by molar-refractivity contribution is -0.385. The van der Waals surface area contributed by atoms with Crippen LogP contribution in [0.3, 0.4) is 0 Å². The van der Waals surface area contributed by atoms with Gasteiger partial charge in [-0.1, -0.05) is 47.3 Å². The molecular weight excluding hydrogens is 532 g/mol. The van der Waals surface area contributed by atoms with Crippen LogP contribution in [0.2, 0.25) is 0 Å². The smallest absolute Gasteiger partial charge is 0.344 e. The van der Waals surface area contributed by atoms with E-state index >= 15 is 0 Å². The Balaban J connectivity index is 1.82. The van der Waals surface area contributed by atoms with Crippen molar-refractivity contribution >= 4 is 44.7 Å². The first-order chi connectivity index (χ1) is 17.4. The molecule has 4 rings (SSSR count). The fraction of sp³-hybridized carbons (Fsp3) is 0.360. The molecule has 0 bridgehead atoms. The quantitative estimate of drug-likeness (QED) is 0.166. The van der Waals surface area contributed by atoms with Gasteiger partial charge in [0.15, 0.2) is 6.61 Å². The summed E-state index contributed by atoms with van der Waals surface area (Å²) in [5, 5.41) is 16.6. The van der Waals surface area contributed by atoms with Crippen LogP contribution in [0.5, 0.6) is 5.75 Å². The highest BCUT2D eigenvalue weighted by molar-refractivity contribution is 9.10. The molecule has 0 N–H and O–H groups in total. The molecule has 188 valence electrons. The molecule has 1 fully saturated rings. The number of ether oxygens (including phenoxy) is 2. The van der Waals surface area contributed by atoms with Crippen LogP contribution in [0.15, 0.2) is 50.8 Å². The average molecular weight is 557 g/mol. The zero-order valence-electron chi connectivity index (χ0n) is 19.7. The molecule has 0 spiro atoms. The maximum absolute atomic E-state index is 13.4. The van der Waals surface area contributed by atoms with Gasteiger partial charge in [0.2, 0.25) is 5.75 Å². The van der Waals surface area contributed by atoms with E-state index in [0.717, 1.165) is 32.1 Å². The molecule has 11 heteroatoms. The lowest BCUT2D eigenvalue weighted by Crippen LogP contribution is -2.25. The number of rotatable bonds is 8. The topological polar surface area (TPSA) is 126 Å². The molecule has 0 saturated heterocycles. The van der Waals surface area contributed by atoms with Gasteiger partial charge in [0.1, 0.15) is 5.82 Å². The van der Waals surface area contributed by atoms with Crippen LogP contribution in [0.1, 0.15) is 56.3 Å². The lowest BCUT2D eigenvalue weighted by Gasteiger charge is -2.22. The average Bonchev–Trinajstić information content (AvgIpc) is 2.87. The van der Waals surface area contributed by atoms with Gasteiger partial charge in [-0.3, -0.25) is 14.9 Å². The Labute approximate surface area is 215 Å². The standard InChI is InChI=1S/C25H25BrN4O6/c1-2-35-22(31)15-36-23-17(12-18(26)13-21(23)30(33)34)14-27-29-24(16-8-4-3-5-9-16)28-20-11-7-6-10-19(20)25(29)32/h6-7,10-14,16H,2-5,8-9,15H2,1H3. The minimum Gasteiger partial charge on any atom is -0.474 e. The van der Waals surface area contributed by atoms with Gasteiger partial charge in [0, 0.05) is 22.0 Å². The van der Waals surface area contributed by atoms with E-state index in [1.54, 1.807) is 31.2 Å². The number of nitro groups is 1. The van der Waals surface area contributed by atoms with Gasteiger partial charge < -0.3 is 9.47 Å². The maximum atomic E-state index is 13.4. The van der Waals surface area contributed by atoms with Crippen molar-refractivity contribution in [3.8, 4) is 5.75 Å². The molecule has 2 aromatic carbocycles. The number of para-hydroxylation sites is 1. The second-order valence-electron chi connectivity index (χ2n) is 8.38. The van der Waals surface area contributed by atoms with Gasteiger partial charge >= 0.3 is 11.7 Å². The minimum atomic E-state index is -0.660. The first-order valence-electron chi connectivity index (χ1n) is 11.7. The summed E-state index contributed by atoms with van der Waals surface area (Å²) in [6.07, 6.45) is 6.34. The third-order valence-corrected chi connectivity index (χ3v) is 6.42. The van der Waals surface area contributed by atoms with Crippen molar-refractivity contribution in [3.05, 3.63) is 72.7 Å². The lowest BCUT2D eigenvalue weighted by atomic mass is 9.88. The molecule has 1 aromatic heterocycles. The molecule has 10 nitrogen and oxygen atoms in total. The number of benzene rings is 2. The molecule has 0 radical (unpaired) electrons. The molecule has 0 atom stereocenters. The van der Waals surface area contributed by atoms with E-state index in [9.17, 15) is 19.7 Å². The van der Waals surface area contributed by atoms with Crippen LogP contribution in [0.4, 0.5) is 5.69 Å². The fourth-order valence-electron chi connectivity index (χ4n) is 4.32. The highest BCUT2D eigenvalue weighted by Gasteiger charge is 2.24. The van der Waals surface area contributed by atoms with E-state index in [-0.39, 0.29) is 35.1 Å². The van der Waals surface area contributed by atoms with Crippen LogP contribution in [0.25, 0.3) is 10.9 Å². The van der Waals surface area contributed by atoms with Crippen LogP contribution in [0, 0.1) is 10.1 Å². The maximum Gasteiger partial charge on any atom is 0.344 e. The van der Waals surface area contributed by atoms with E-state index in [1.807, 2.05) is 6.07 Å². The third kappa shape index (κ3) is 5.62. The number of fused-ring (bicyclic) bond motifs is 1. The molecule has 0 unspecified atom stereocenters. The van der Waals surface area contributed by atoms with Crippen molar-refractivity contribution in [2.45, 2.75) is 44.9 Å². The SMILES string of the molecule is CCOC(=O)COc1c(C=Nn2c(C3CCCCC3)nc3ccccc3c2=O)cc(Br)cc1[N+](=O)[O-]. The van der Waals surface area contributed by atoms with E-state index < -0.39 is 17.5 Å². The van der Waals surface area contributed by atoms with Crippen LogP contribution in [-0.4, -0.2) is 40.0 Å². The molecule has 3 aromatic rings. The first-order valence-corrected chi connectivity index (χ1v) is 12.5. The van der Waals surface area contributed by atoms with Crippen molar-refractivity contribution in [3.63, 3.8) is 0 Å². The number of hydrogen-bond acceptors (Lipinski definition) is 8. The van der Waals surface area contributed by atoms with E-state index in [4.69, 9.17) is 14.5 Å². The third-order valence-electron chi connectivity index (χ3n) is 5.96. The normalized spacial score (nSPS) is 14.3. The van der Waals surface area contributed by atoms with Crippen LogP contribution < -0.4 is 10.3 Å². The second-order valence-corrected chi connectivity index (χ2v) is 9.29. The predicted molar refractivity (Wildman–Crippen MR) is 138 cm³/mol. The summed E-state index contributed by atoms with van der Waals surface area (Å²) >= 11 is 3.28. The number of carbonyl (C=O) groups is 1. The number of nitro benzene ring substituents is 1. The molecule has 1 aliphatic carbocycles. The van der Waals surface area contributed by atoms with Gasteiger partial charge in [0.05, 0.1) is 28.6 Å². The summed E-state index contributed by atoms with van der Waals surface area (Å²) in [6, 6.07) is 9.93. The number of esters is 1. The zero-order chi connectivity index (χ0) is 25.7. The molecular formula is C25H25BrN4O6. The molecule has 1 saturated carbocycles. The van der Waals surface area contributed by atoms with Gasteiger partial charge in [-0.15, -0.1) is 0 Å². The Bertz CT molecular complexity index is 1380. The molecule has 36 heavy (non-hydrogen) atoms. The highest BCUT2D eigenvalue weighted by atomic mass is 79.9. The first kappa shape index (κ1) is 25.5.